The molecule has 1 nitrogen and oxygen atoms in total. The van der Waals surface area contributed by atoms with Crippen LogP contribution in [-0.4, -0.2) is 16.6 Å². The van der Waals surface area contributed by atoms with E-state index in [1.807, 2.05) is 0 Å². The second-order valence-corrected chi connectivity index (χ2v) is 15.2. The lowest BCUT2D eigenvalue weighted by Gasteiger charge is -2.31. The first-order valence-corrected chi connectivity index (χ1v) is 13.0. The van der Waals surface area contributed by atoms with Crippen molar-refractivity contribution in [1.82, 2.24) is 0 Å². The van der Waals surface area contributed by atoms with Gasteiger partial charge in [0.25, 0.3) is 0 Å². The largest absolute Gasteiger partial charge is 0.455 e. The minimum atomic E-state index is -1.55. The molecule has 0 fully saturated rings. The van der Waals surface area contributed by atoms with Crippen molar-refractivity contribution in [2.75, 3.05) is 0 Å². The van der Waals surface area contributed by atoms with E-state index in [9.17, 15) is 0 Å². The van der Waals surface area contributed by atoms with Crippen LogP contribution in [0.15, 0.2) is 24.3 Å². The minimum Gasteiger partial charge on any atom is -0.455 e. The molecule has 0 aliphatic rings. The molecule has 0 bridgehead atoms. The van der Waals surface area contributed by atoms with Crippen LogP contribution in [0.4, 0.5) is 0 Å². The molecule has 0 aliphatic heterocycles. The predicted octanol–water partition coefficient (Wildman–Crippen LogP) is 4.39. The first-order valence-electron chi connectivity index (χ1n) is 6.50. The Morgan fingerprint density at radius 3 is 1.76 bits per heavy atom. The Balaban J connectivity index is 2.69. The molecule has 3 heteroatoms. The summed E-state index contributed by atoms with van der Waals surface area (Å²) < 4.78 is 6.36. The maximum Gasteiger partial charge on any atom is 0.177 e. The molecule has 0 spiro atoms. The zero-order valence-corrected chi connectivity index (χ0v) is 14.1. The summed E-state index contributed by atoms with van der Waals surface area (Å²) in [6.45, 7) is 13.7. The number of hydrogen-bond donors (Lipinski definition) is 0. The lowest BCUT2D eigenvalue weighted by atomic mass is 10.1. The van der Waals surface area contributed by atoms with Crippen LogP contribution in [0.2, 0.25) is 32.7 Å². The maximum atomic E-state index is 6.36. The Morgan fingerprint density at radius 1 is 0.882 bits per heavy atom. The van der Waals surface area contributed by atoms with Crippen molar-refractivity contribution in [3.05, 3.63) is 35.4 Å². The zero-order valence-electron chi connectivity index (χ0n) is 12.1. The quantitative estimate of drug-likeness (QED) is 0.718. The van der Waals surface area contributed by atoms with Crippen LogP contribution in [0.5, 0.6) is 0 Å². The molecule has 0 saturated carbocycles. The first-order chi connectivity index (χ1) is 7.72. The maximum absolute atomic E-state index is 6.36. The molecule has 0 unspecified atom stereocenters. The van der Waals surface area contributed by atoms with Crippen molar-refractivity contribution < 1.29 is 4.12 Å². The van der Waals surface area contributed by atoms with Crippen molar-refractivity contribution in [3.8, 4) is 0 Å². The number of hydrogen-bond acceptors (Lipinski definition) is 1. The highest BCUT2D eigenvalue weighted by atomic mass is 28.4. The average molecular weight is 267 g/mol. The molecule has 1 rings (SSSR count). The third-order valence-electron chi connectivity index (χ3n) is 2.64. The van der Waals surface area contributed by atoms with Gasteiger partial charge in [-0.3, -0.25) is 0 Å². The number of benzene rings is 1. The topological polar surface area (TPSA) is 9.23 Å². The third-order valence-corrected chi connectivity index (χ3v) is 8.56. The SMILES string of the molecule is CCc1ccc(C[Si](C)(C)O[Si](C)(C)C)cc1. The van der Waals surface area contributed by atoms with Gasteiger partial charge in [-0.25, -0.2) is 0 Å². The lowest BCUT2D eigenvalue weighted by Crippen LogP contribution is -2.44. The Bertz CT molecular complexity index is 349. The summed E-state index contributed by atoms with van der Waals surface area (Å²) in [5.74, 6) is 0. The fourth-order valence-electron chi connectivity index (χ4n) is 2.25. The first kappa shape index (κ1) is 14.7. The van der Waals surface area contributed by atoms with Gasteiger partial charge in [-0.05, 0) is 56.3 Å². The van der Waals surface area contributed by atoms with Gasteiger partial charge in [-0.15, -0.1) is 0 Å². The second-order valence-electron chi connectivity index (χ2n) is 6.32. The smallest absolute Gasteiger partial charge is 0.177 e. The van der Waals surface area contributed by atoms with Gasteiger partial charge in [0.15, 0.2) is 16.6 Å². The van der Waals surface area contributed by atoms with Gasteiger partial charge in [0.2, 0.25) is 0 Å². The minimum absolute atomic E-state index is 1.12. The fraction of sp³-hybridized carbons (Fsp3) is 0.571. The highest BCUT2D eigenvalue weighted by molar-refractivity contribution is 6.83. The van der Waals surface area contributed by atoms with E-state index in [2.05, 4.69) is 63.9 Å². The molecule has 0 aromatic heterocycles. The molecule has 0 N–H and O–H groups in total. The van der Waals surface area contributed by atoms with Gasteiger partial charge in [0.1, 0.15) is 0 Å². The Morgan fingerprint density at radius 2 is 1.35 bits per heavy atom. The van der Waals surface area contributed by atoms with Crippen LogP contribution in [0.1, 0.15) is 18.1 Å². The molecule has 1 aromatic carbocycles. The van der Waals surface area contributed by atoms with Gasteiger partial charge >= 0.3 is 0 Å². The highest BCUT2D eigenvalue weighted by Crippen LogP contribution is 2.19. The normalized spacial score (nSPS) is 12.8. The van der Waals surface area contributed by atoms with Gasteiger partial charge in [-0.2, -0.15) is 0 Å². The molecular formula is C14H26OSi2. The number of rotatable bonds is 5. The zero-order chi connectivity index (χ0) is 13.1. The van der Waals surface area contributed by atoms with Crippen LogP contribution in [0, 0.1) is 0 Å². The van der Waals surface area contributed by atoms with E-state index in [-0.39, 0.29) is 0 Å². The van der Waals surface area contributed by atoms with E-state index in [4.69, 9.17) is 4.12 Å². The summed E-state index contributed by atoms with van der Waals surface area (Å²) in [4.78, 5) is 0. The van der Waals surface area contributed by atoms with Gasteiger partial charge in [0.05, 0.1) is 0 Å². The Hall–Kier alpha value is -0.386. The van der Waals surface area contributed by atoms with Crippen LogP contribution >= 0.6 is 0 Å². The summed E-state index contributed by atoms with van der Waals surface area (Å²) >= 11 is 0. The molecule has 0 amide bonds. The molecule has 0 aliphatic carbocycles. The van der Waals surface area contributed by atoms with Crippen molar-refractivity contribution in [2.24, 2.45) is 0 Å². The molecule has 17 heavy (non-hydrogen) atoms. The van der Waals surface area contributed by atoms with Gasteiger partial charge < -0.3 is 4.12 Å². The van der Waals surface area contributed by atoms with Crippen molar-refractivity contribution in [2.45, 2.75) is 52.1 Å². The van der Waals surface area contributed by atoms with E-state index in [1.165, 1.54) is 11.1 Å². The fourth-order valence-corrected chi connectivity index (χ4v) is 10.4. The van der Waals surface area contributed by atoms with Gasteiger partial charge in [-0.1, -0.05) is 31.2 Å². The van der Waals surface area contributed by atoms with Crippen molar-refractivity contribution >= 4 is 16.6 Å². The molecular weight excluding hydrogens is 240 g/mol. The summed E-state index contributed by atoms with van der Waals surface area (Å²) in [6.07, 6.45) is 1.12. The predicted molar refractivity (Wildman–Crippen MR) is 81.4 cm³/mol. The van der Waals surface area contributed by atoms with Crippen LogP contribution in [-0.2, 0) is 16.6 Å². The third kappa shape index (κ3) is 5.66. The van der Waals surface area contributed by atoms with Crippen molar-refractivity contribution in [1.29, 1.82) is 0 Å². The van der Waals surface area contributed by atoms with Crippen molar-refractivity contribution in [3.63, 3.8) is 0 Å². The Kier molecular flexibility index (Phi) is 4.75. The van der Waals surface area contributed by atoms with E-state index in [0.29, 0.717) is 0 Å². The Labute approximate surface area is 108 Å². The summed E-state index contributed by atoms with van der Waals surface area (Å²) in [6, 6.07) is 10.1. The summed E-state index contributed by atoms with van der Waals surface area (Å²) in [7, 11) is -2.95. The molecule has 96 valence electrons. The van der Waals surface area contributed by atoms with E-state index in [1.54, 1.807) is 0 Å². The average Bonchev–Trinajstić information content (AvgIpc) is 2.14. The lowest BCUT2D eigenvalue weighted by molar-refractivity contribution is 0.548. The van der Waals surface area contributed by atoms with Crippen LogP contribution in [0.25, 0.3) is 0 Å². The second kappa shape index (κ2) is 5.50. The molecule has 0 heterocycles. The highest BCUT2D eigenvalue weighted by Gasteiger charge is 2.29. The monoisotopic (exact) mass is 266 g/mol. The molecule has 1 aromatic rings. The molecule has 0 saturated heterocycles. The van der Waals surface area contributed by atoms with Crippen LogP contribution in [0.3, 0.4) is 0 Å². The van der Waals surface area contributed by atoms with Crippen LogP contribution < -0.4 is 0 Å². The molecule has 0 radical (unpaired) electrons. The summed E-state index contributed by atoms with van der Waals surface area (Å²) in [5, 5.41) is 0. The van der Waals surface area contributed by atoms with E-state index in [0.717, 1.165) is 12.5 Å². The van der Waals surface area contributed by atoms with E-state index >= 15 is 0 Å². The van der Waals surface area contributed by atoms with Gasteiger partial charge in [0, 0.05) is 0 Å². The number of aryl methyl sites for hydroxylation is 1. The standard InChI is InChI=1S/C14H26OSi2/c1-7-13-8-10-14(11-9-13)12-17(5,6)15-16(2,3)4/h8-11H,7,12H2,1-6H3. The molecule has 0 atom stereocenters. The van der Waals surface area contributed by atoms with E-state index < -0.39 is 16.6 Å². The summed E-state index contributed by atoms with van der Waals surface area (Å²) in [5.41, 5.74) is 2.84.